The van der Waals surface area contributed by atoms with Crippen molar-refractivity contribution in [2.75, 3.05) is 6.61 Å². The molecule has 1 heterocycles. The summed E-state index contributed by atoms with van der Waals surface area (Å²) < 4.78 is 5.35. The van der Waals surface area contributed by atoms with E-state index in [2.05, 4.69) is 5.32 Å². The lowest BCUT2D eigenvalue weighted by atomic mass is 9.86. The maximum absolute atomic E-state index is 10.8. The van der Waals surface area contributed by atoms with Gasteiger partial charge in [-0.15, -0.1) is 0 Å². The summed E-state index contributed by atoms with van der Waals surface area (Å²) in [6.07, 6.45) is -2.34. The molecular weight excluding hydrogens is 212 g/mol. The third kappa shape index (κ3) is 2.50. The minimum Gasteiger partial charge on any atom is -0.388 e. The van der Waals surface area contributed by atoms with Crippen LogP contribution in [0.4, 0.5) is 0 Å². The molecule has 0 radical (unpaired) electrons. The number of ether oxygens (including phenoxy) is 1. The zero-order valence-electron chi connectivity index (χ0n) is 9.30. The van der Waals surface area contributed by atoms with E-state index < -0.39 is 23.9 Å². The van der Waals surface area contributed by atoms with Crippen LogP contribution in [0.25, 0.3) is 0 Å². The first-order valence-corrected chi connectivity index (χ1v) is 5.05. The van der Waals surface area contributed by atoms with E-state index in [0.29, 0.717) is 0 Å². The molecule has 0 aliphatic carbocycles. The Labute approximate surface area is 93.8 Å². The van der Waals surface area contributed by atoms with E-state index in [1.165, 1.54) is 6.92 Å². The van der Waals surface area contributed by atoms with Crippen molar-refractivity contribution < 1.29 is 19.7 Å². The van der Waals surface area contributed by atoms with Crippen molar-refractivity contribution >= 4 is 5.91 Å². The molecule has 6 heteroatoms. The standard InChI is InChI=1S/C10H16N2O4/c1-6(13)12-7-5-16-10(2,3-4-11)9(15)8(7)14/h7-9,14-15H,3,5H2,1-2H3,(H,12,13). The largest absolute Gasteiger partial charge is 0.388 e. The minimum atomic E-state index is -1.20. The highest BCUT2D eigenvalue weighted by molar-refractivity contribution is 5.73. The molecule has 1 amide bonds. The van der Waals surface area contributed by atoms with Crippen LogP contribution >= 0.6 is 0 Å². The maximum Gasteiger partial charge on any atom is 0.217 e. The predicted octanol–water partition coefficient (Wildman–Crippen LogP) is -1.08. The second-order valence-electron chi connectivity index (χ2n) is 4.20. The van der Waals surface area contributed by atoms with E-state index in [9.17, 15) is 15.0 Å². The Hall–Kier alpha value is -1.16. The number of carbonyl (C=O) groups is 1. The molecule has 1 aliphatic heterocycles. The van der Waals surface area contributed by atoms with Crippen molar-refractivity contribution in [2.24, 2.45) is 0 Å². The van der Waals surface area contributed by atoms with Crippen LogP contribution in [-0.4, -0.2) is 46.6 Å². The maximum atomic E-state index is 10.8. The van der Waals surface area contributed by atoms with E-state index in [0.717, 1.165) is 0 Å². The zero-order chi connectivity index (χ0) is 12.3. The van der Waals surface area contributed by atoms with Crippen LogP contribution < -0.4 is 5.32 Å². The first kappa shape index (κ1) is 12.9. The molecule has 3 N–H and O–H groups in total. The van der Waals surface area contributed by atoms with Gasteiger partial charge in [0.15, 0.2) is 0 Å². The Morgan fingerprint density at radius 3 is 2.81 bits per heavy atom. The summed E-state index contributed by atoms with van der Waals surface area (Å²) >= 11 is 0. The first-order valence-electron chi connectivity index (χ1n) is 5.05. The smallest absolute Gasteiger partial charge is 0.217 e. The second-order valence-corrected chi connectivity index (χ2v) is 4.20. The highest BCUT2D eigenvalue weighted by Gasteiger charge is 2.46. The summed E-state index contributed by atoms with van der Waals surface area (Å²) in [6, 6.07) is 1.26. The second kappa shape index (κ2) is 4.78. The summed E-state index contributed by atoms with van der Waals surface area (Å²) in [5.74, 6) is -0.302. The molecule has 0 aromatic carbocycles. The summed E-state index contributed by atoms with van der Waals surface area (Å²) in [6.45, 7) is 2.96. The summed E-state index contributed by atoms with van der Waals surface area (Å²) in [7, 11) is 0. The van der Waals surface area contributed by atoms with E-state index >= 15 is 0 Å². The molecule has 0 aromatic rings. The number of nitriles is 1. The van der Waals surface area contributed by atoms with Crippen molar-refractivity contribution in [1.29, 1.82) is 5.26 Å². The van der Waals surface area contributed by atoms with Gasteiger partial charge in [-0.2, -0.15) is 5.26 Å². The van der Waals surface area contributed by atoms with Crippen LogP contribution in [0.15, 0.2) is 0 Å². The molecule has 0 saturated carbocycles. The van der Waals surface area contributed by atoms with Crippen molar-refractivity contribution in [3.63, 3.8) is 0 Å². The van der Waals surface area contributed by atoms with Gasteiger partial charge in [0.05, 0.1) is 25.1 Å². The van der Waals surface area contributed by atoms with Crippen LogP contribution in [0, 0.1) is 11.3 Å². The minimum absolute atomic E-state index is 0.0159. The number of carbonyl (C=O) groups excluding carboxylic acids is 1. The number of rotatable bonds is 2. The molecule has 0 bridgehead atoms. The zero-order valence-corrected chi connectivity index (χ0v) is 9.30. The van der Waals surface area contributed by atoms with Gasteiger partial charge < -0.3 is 20.3 Å². The van der Waals surface area contributed by atoms with Gasteiger partial charge in [0.2, 0.25) is 5.91 Å². The first-order chi connectivity index (χ1) is 7.40. The molecule has 0 spiro atoms. The van der Waals surface area contributed by atoms with E-state index in [1.54, 1.807) is 6.92 Å². The SMILES string of the molecule is CC(=O)NC1COC(C)(CC#N)C(O)C1O. The molecule has 1 fully saturated rings. The van der Waals surface area contributed by atoms with Gasteiger partial charge in [-0.05, 0) is 6.92 Å². The lowest BCUT2D eigenvalue weighted by Gasteiger charge is -2.43. The fourth-order valence-corrected chi connectivity index (χ4v) is 1.75. The lowest BCUT2D eigenvalue weighted by molar-refractivity contribution is -0.199. The van der Waals surface area contributed by atoms with Gasteiger partial charge in [-0.1, -0.05) is 0 Å². The third-order valence-electron chi connectivity index (χ3n) is 2.77. The Morgan fingerprint density at radius 1 is 1.69 bits per heavy atom. The Balaban J connectivity index is 2.72. The van der Waals surface area contributed by atoms with E-state index in [-0.39, 0.29) is 18.9 Å². The molecule has 0 aromatic heterocycles. The van der Waals surface area contributed by atoms with Crippen LogP contribution in [0.1, 0.15) is 20.3 Å². The van der Waals surface area contributed by atoms with Crippen molar-refractivity contribution in [1.82, 2.24) is 5.32 Å². The summed E-state index contributed by atoms with van der Waals surface area (Å²) in [4.78, 5) is 10.8. The van der Waals surface area contributed by atoms with Gasteiger partial charge >= 0.3 is 0 Å². The van der Waals surface area contributed by atoms with Crippen molar-refractivity contribution in [2.45, 2.75) is 44.1 Å². The quantitative estimate of drug-likeness (QED) is 0.557. The van der Waals surface area contributed by atoms with Gasteiger partial charge in [0, 0.05) is 6.92 Å². The Morgan fingerprint density at radius 2 is 2.31 bits per heavy atom. The predicted molar refractivity (Wildman–Crippen MR) is 54.2 cm³/mol. The van der Waals surface area contributed by atoms with Crippen LogP contribution in [0.2, 0.25) is 0 Å². The van der Waals surface area contributed by atoms with Gasteiger partial charge in [0.25, 0.3) is 0 Å². The summed E-state index contributed by atoms with van der Waals surface area (Å²) in [5, 5.41) is 30.7. The fraction of sp³-hybridized carbons (Fsp3) is 0.800. The fourth-order valence-electron chi connectivity index (χ4n) is 1.75. The molecule has 4 atom stereocenters. The molecule has 4 unspecified atom stereocenters. The number of hydrogen-bond donors (Lipinski definition) is 3. The normalized spacial score (nSPS) is 38.8. The van der Waals surface area contributed by atoms with Crippen LogP contribution in [0.5, 0.6) is 0 Å². The van der Waals surface area contributed by atoms with E-state index in [1.807, 2.05) is 6.07 Å². The van der Waals surface area contributed by atoms with Crippen molar-refractivity contribution in [3.8, 4) is 6.07 Å². The molecule has 16 heavy (non-hydrogen) atoms. The lowest BCUT2D eigenvalue weighted by Crippen LogP contribution is -2.63. The number of hydrogen-bond acceptors (Lipinski definition) is 5. The van der Waals surface area contributed by atoms with E-state index in [4.69, 9.17) is 10.00 Å². The highest BCUT2D eigenvalue weighted by Crippen LogP contribution is 2.28. The monoisotopic (exact) mass is 228 g/mol. The van der Waals surface area contributed by atoms with Gasteiger partial charge in [-0.25, -0.2) is 0 Å². The topological polar surface area (TPSA) is 103 Å². The number of aliphatic hydroxyl groups excluding tert-OH is 2. The number of aliphatic hydroxyl groups is 2. The third-order valence-corrected chi connectivity index (χ3v) is 2.77. The molecule has 6 nitrogen and oxygen atoms in total. The number of nitrogens with zero attached hydrogens (tertiary/aromatic N) is 1. The summed E-state index contributed by atoms with van der Waals surface area (Å²) in [5.41, 5.74) is -1.08. The number of nitrogens with one attached hydrogen (secondary N) is 1. The Kier molecular flexibility index (Phi) is 3.86. The van der Waals surface area contributed by atoms with Crippen molar-refractivity contribution in [3.05, 3.63) is 0 Å². The molecule has 1 aliphatic rings. The molecular formula is C10H16N2O4. The van der Waals surface area contributed by atoms with Gasteiger partial charge in [-0.3, -0.25) is 4.79 Å². The molecule has 1 rings (SSSR count). The van der Waals surface area contributed by atoms with Gasteiger partial charge in [0.1, 0.15) is 17.8 Å². The molecule has 90 valence electrons. The molecule has 1 saturated heterocycles. The highest BCUT2D eigenvalue weighted by atomic mass is 16.5. The Bertz CT molecular complexity index is 314. The van der Waals surface area contributed by atoms with Crippen LogP contribution in [-0.2, 0) is 9.53 Å². The van der Waals surface area contributed by atoms with Crippen LogP contribution in [0.3, 0.4) is 0 Å². The average molecular weight is 228 g/mol. The number of amides is 1. The average Bonchev–Trinajstić information content (AvgIpc) is 2.20.